The van der Waals surface area contributed by atoms with Crippen molar-refractivity contribution in [2.75, 3.05) is 14.2 Å². The number of ether oxygens (including phenoxy) is 2. The highest BCUT2D eigenvalue weighted by molar-refractivity contribution is 7.18. The number of para-hydroxylation sites is 1. The van der Waals surface area contributed by atoms with Crippen molar-refractivity contribution in [3.05, 3.63) is 53.0 Å². The lowest BCUT2D eigenvalue weighted by Crippen LogP contribution is -2.26. The Kier molecular flexibility index (Phi) is 6.98. The van der Waals surface area contributed by atoms with Gasteiger partial charge in [-0.2, -0.15) is 8.78 Å². The average molecular weight is 420 g/mol. The van der Waals surface area contributed by atoms with E-state index >= 15 is 0 Å². The van der Waals surface area contributed by atoms with Gasteiger partial charge in [0, 0.05) is 20.0 Å². The maximum atomic E-state index is 12.6. The number of fused-ring (bicyclic) bond motifs is 1. The Bertz CT molecular complexity index is 944. The second-order valence-electron chi connectivity index (χ2n) is 6.54. The Balaban J connectivity index is 1.53. The monoisotopic (exact) mass is 420 g/mol. The first-order valence-corrected chi connectivity index (χ1v) is 9.98. The van der Waals surface area contributed by atoms with Crippen LogP contribution in [-0.2, 0) is 17.8 Å². The molecule has 154 valence electrons. The molecule has 0 saturated carbocycles. The summed E-state index contributed by atoms with van der Waals surface area (Å²) in [7, 11) is 3.08. The van der Waals surface area contributed by atoms with Gasteiger partial charge in [0.1, 0.15) is 0 Å². The molecule has 1 aromatic heterocycles. The van der Waals surface area contributed by atoms with Crippen LogP contribution >= 0.6 is 11.3 Å². The fourth-order valence-corrected chi connectivity index (χ4v) is 3.99. The van der Waals surface area contributed by atoms with Crippen LogP contribution in [0.5, 0.6) is 11.5 Å². The third kappa shape index (κ3) is 5.63. The van der Waals surface area contributed by atoms with E-state index in [1.54, 1.807) is 35.4 Å². The SMILES string of the molecule is COc1ccc(CN(C)C(=O)CCCc2nc3ccccc3s2)cc1OC(F)F. The molecule has 0 fully saturated rings. The smallest absolute Gasteiger partial charge is 0.387 e. The lowest BCUT2D eigenvalue weighted by atomic mass is 10.1. The van der Waals surface area contributed by atoms with E-state index in [4.69, 9.17) is 4.74 Å². The number of carbonyl (C=O) groups excluding carboxylic acids is 1. The standard InChI is InChI=1S/C21H22F2N2O3S/c1-25(13-14-10-11-16(27-2)17(12-14)28-21(22)23)20(26)9-5-8-19-24-15-6-3-4-7-18(15)29-19/h3-4,6-7,10-12,21H,5,8-9,13H2,1-2H3. The summed E-state index contributed by atoms with van der Waals surface area (Å²) in [6.07, 6.45) is 1.84. The summed E-state index contributed by atoms with van der Waals surface area (Å²) in [4.78, 5) is 18.6. The molecule has 1 heterocycles. The van der Waals surface area contributed by atoms with E-state index in [0.717, 1.165) is 21.6 Å². The maximum Gasteiger partial charge on any atom is 0.387 e. The summed E-state index contributed by atoms with van der Waals surface area (Å²) >= 11 is 1.65. The number of alkyl halides is 2. The number of carbonyl (C=O) groups is 1. The number of aryl methyl sites for hydroxylation is 1. The highest BCUT2D eigenvalue weighted by atomic mass is 32.1. The highest BCUT2D eigenvalue weighted by Gasteiger charge is 2.14. The molecule has 29 heavy (non-hydrogen) atoms. The Hall–Kier alpha value is -2.74. The summed E-state index contributed by atoms with van der Waals surface area (Å²) in [5.74, 6) is 0.161. The van der Waals surface area contributed by atoms with Gasteiger partial charge in [-0.15, -0.1) is 11.3 Å². The fraction of sp³-hybridized carbons (Fsp3) is 0.333. The van der Waals surface area contributed by atoms with Gasteiger partial charge >= 0.3 is 6.61 Å². The number of hydrogen-bond donors (Lipinski definition) is 0. The van der Waals surface area contributed by atoms with Crippen LogP contribution in [0.3, 0.4) is 0 Å². The fourth-order valence-electron chi connectivity index (χ4n) is 2.98. The molecule has 0 spiro atoms. The molecule has 0 aliphatic carbocycles. The Morgan fingerprint density at radius 1 is 1.21 bits per heavy atom. The van der Waals surface area contributed by atoms with Crippen LogP contribution in [0.15, 0.2) is 42.5 Å². The quantitative estimate of drug-likeness (QED) is 0.495. The predicted molar refractivity (Wildman–Crippen MR) is 109 cm³/mol. The lowest BCUT2D eigenvalue weighted by Gasteiger charge is -2.18. The number of halogens is 2. The van der Waals surface area contributed by atoms with Crippen LogP contribution in [-0.4, -0.2) is 36.6 Å². The molecule has 2 aromatic carbocycles. The normalized spacial score (nSPS) is 11.1. The van der Waals surface area contributed by atoms with E-state index in [1.807, 2.05) is 24.3 Å². The summed E-state index contributed by atoms with van der Waals surface area (Å²) in [6.45, 7) is -2.65. The van der Waals surface area contributed by atoms with E-state index in [-0.39, 0.29) is 17.4 Å². The zero-order chi connectivity index (χ0) is 20.8. The second-order valence-corrected chi connectivity index (χ2v) is 7.66. The number of nitrogens with zero attached hydrogens (tertiary/aromatic N) is 2. The van der Waals surface area contributed by atoms with Crippen LogP contribution in [0, 0.1) is 0 Å². The minimum Gasteiger partial charge on any atom is -0.493 e. The third-order valence-corrected chi connectivity index (χ3v) is 5.51. The first kappa shape index (κ1) is 21.0. The summed E-state index contributed by atoms with van der Waals surface area (Å²) < 4.78 is 35.8. The number of thiazole rings is 1. The van der Waals surface area contributed by atoms with Crippen molar-refractivity contribution < 1.29 is 23.0 Å². The molecule has 5 nitrogen and oxygen atoms in total. The van der Waals surface area contributed by atoms with E-state index in [9.17, 15) is 13.6 Å². The summed E-state index contributed by atoms with van der Waals surface area (Å²) in [5.41, 5.74) is 1.67. The molecular weight excluding hydrogens is 398 g/mol. The number of rotatable bonds is 9. The maximum absolute atomic E-state index is 12.6. The third-order valence-electron chi connectivity index (χ3n) is 4.41. The van der Waals surface area contributed by atoms with Gasteiger partial charge in [-0.25, -0.2) is 4.98 Å². The van der Waals surface area contributed by atoms with Crippen LogP contribution < -0.4 is 9.47 Å². The van der Waals surface area contributed by atoms with Crippen LogP contribution in [0.4, 0.5) is 8.78 Å². The first-order chi connectivity index (χ1) is 14.0. The number of aromatic nitrogens is 1. The van der Waals surface area contributed by atoms with Gasteiger partial charge in [-0.05, 0) is 42.7 Å². The van der Waals surface area contributed by atoms with E-state index < -0.39 is 6.61 Å². The molecule has 1 amide bonds. The molecule has 0 bridgehead atoms. The average Bonchev–Trinajstić information content (AvgIpc) is 3.10. The molecule has 3 rings (SSSR count). The Morgan fingerprint density at radius 2 is 2.00 bits per heavy atom. The first-order valence-electron chi connectivity index (χ1n) is 9.16. The van der Waals surface area contributed by atoms with Crippen molar-refractivity contribution in [3.63, 3.8) is 0 Å². The Labute approximate surface area is 171 Å². The Morgan fingerprint density at radius 3 is 2.72 bits per heavy atom. The van der Waals surface area contributed by atoms with Crippen molar-refractivity contribution in [2.24, 2.45) is 0 Å². The van der Waals surface area contributed by atoms with E-state index in [2.05, 4.69) is 9.72 Å². The van der Waals surface area contributed by atoms with E-state index in [0.29, 0.717) is 24.9 Å². The van der Waals surface area contributed by atoms with Gasteiger partial charge in [-0.3, -0.25) is 4.79 Å². The summed E-state index contributed by atoms with van der Waals surface area (Å²) in [6, 6.07) is 12.7. The summed E-state index contributed by atoms with van der Waals surface area (Å²) in [5, 5.41) is 1.02. The van der Waals surface area contributed by atoms with Crippen molar-refractivity contribution in [2.45, 2.75) is 32.4 Å². The molecule has 8 heteroatoms. The molecule has 0 radical (unpaired) electrons. The number of benzene rings is 2. The van der Waals surface area contributed by atoms with Gasteiger partial charge in [0.2, 0.25) is 5.91 Å². The zero-order valence-electron chi connectivity index (χ0n) is 16.2. The van der Waals surface area contributed by atoms with Gasteiger partial charge in [0.15, 0.2) is 11.5 Å². The largest absolute Gasteiger partial charge is 0.493 e. The molecule has 0 N–H and O–H groups in total. The molecule has 0 unspecified atom stereocenters. The van der Waals surface area contributed by atoms with Crippen LogP contribution in [0.2, 0.25) is 0 Å². The number of methoxy groups -OCH3 is 1. The predicted octanol–water partition coefficient (Wildman–Crippen LogP) is 4.89. The molecular formula is C21H22F2N2O3S. The van der Waals surface area contributed by atoms with Crippen molar-refractivity contribution in [3.8, 4) is 11.5 Å². The molecule has 0 aliphatic heterocycles. The minimum absolute atomic E-state index is 0.0155. The van der Waals surface area contributed by atoms with Gasteiger partial charge in [-0.1, -0.05) is 18.2 Å². The van der Waals surface area contributed by atoms with Gasteiger partial charge in [0.25, 0.3) is 0 Å². The van der Waals surface area contributed by atoms with Crippen LogP contribution in [0.1, 0.15) is 23.4 Å². The number of hydrogen-bond acceptors (Lipinski definition) is 5. The number of amides is 1. The van der Waals surface area contributed by atoms with Crippen LogP contribution in [0.25, 0.3) is 10.2 Å². The lowest BCUT2D eigenvalue weighted by molar-refractivity contribution is -0.130. The topological polar surface area (TPSA) is 51.7 Å². The van der Waals surface area contributed by atoms with Gasteiger partial charge < -0.3 is 14.4 Å². The van der Waals surface area contributed by atoms with Crippen molar-refractivity contribution >= 4 is 27.5 Å². The molecule has 0 saturated heterocycles. The van der Waals surface area contributed by atoms with Crippen molar-refractivity contribution in [1.82, 2.24) is 9.88 Å². The second kappa shape index (κ2) is 9.65. The van der Waals surface area contributed by atoms with Crippen molar-refractivity contribution in [1.29, 1.82) is 0 Å². The zero-order valence-corrected chi connectivity index (χ0v) is 17.0. The van der Waals surface area contributed by atoms with Gasteiger partial charge in [0.05, 0.1) is 22.3 Å². The molecule has 0 atom stereocenters. The molecule has 0 aliphatic rings. The highest BCUT2D eigenvalue weighted by Crippen LogP contribution is 2.30. The van der Waals surface area contributed by atoms with E-state index in [1.165, 1.54) is 13.2 Å². The minimum atomic E-state index is -2.94. The molecule has 3 aromatic rings.